The molecule has 3 nitrogen and oxygen atoms in total. The second-order valence-corrected chi connectivity index (χ2v) is 5.83. The Kier molecular flexibility index (Phi) is 6.34. The lowest BCUT2D eigenvalue weighted by Crippen LogP contribution is -2.08. The summed E-state index contributed by atoms with van der Waals surface area (Å²) < 4.78 is 5.09. The molecule has 0 radical (unpaired) electrons. The van der Waals surface area contributed by atoms with E-state index >= 15 is 0 Å². The van der Waals surface area contributed by atoms with E-state index < -0.39 is 5.97 Å². The standard InChI is InChI=1S/C17H14Cl3NO2/c1-2-23-17(22)14(11-3-5-12(18)6-4-11)10-21-16-8-7-13(19)9-15(16)20/h3-10,21H,2H2,1H3/b14-10+. The van der Waals surface area contributed by atoms with E-state index in [0.29, 0.717) is 31.9 Å². The molecule has 0 aliphatic carbocycles. The van der Waals surface area contributed by atoms with Gasteiger partial charge in [-0.3, -0.25) is 0 Å². The SMILES string of the molecule is CCOC(=O)/C(=C/Nc1ccc(Cl)cc1Cl)c1ccc(Cl)cc1. The smallest absolute Gasteiger partial charge is 0.340 e. The molecule has 6 heteroatoms. The largest absolute Gasteiger partial charge is 0.462 e. The lowest BCUT2D eigenvalue weighted by Gasteiger charge is -2.10. The summed E-state index contributed by atoms with van der Waals surface area (Å²) in [4.78, 5) is 12.2. The van der Waals surface area contributed by atoms with Gasteiger partial charge < -0.3 is 10.1 Å². The third-order valence-corrected chi connectivity index (χ3v) is 3.75. The lowest BCUT2D eigenvalue weighted by atomic mass is 10.1. The van der Waals surface area contributed by atoms with E-state index in [2.05, 4.69) is 5.32 Å². The first-order valence-corrected chi connectivity index (χ1v) is 7.99. The summed E-state index contributed by atoms with van der Waals surface area (Å²) in [6, 6.07) is 12.0. The first kappa shape index (κ1) is 17.7. The van der Waals surface area contributed by atoms with Gasteiger partial charge >= 0.3 is 5.97 Å². The van der Waals surface area contributed by atoms with Crippen molar-refractivity contribution in [2.24, 2.45) is 0 Å². The first-order chi connectivity index (χ1) is 11.0. The Labute approximate surface area is 149 Å². The summed E-state index contributed by atoms with van der Waals surface area (Å²) in [6.07, 6.45) is 1.55. The number of ether oxygens (including phenoxy) is 1. The van der Waals surface area contributed by atoms with Crippen LogP contribution in [0.25, 0.3) is 5.57 Å². The molecule has 23 heavy (non-hydrogen) atoms. The molecule has 120 valence electrons. The Bertz CT molecular complexity index is 727. The van der Waals surface area contributed by atoms with Crippen molar-refractivity contribution >= 4 is 52.0 Å². The maximum Gasteiger partial charge on any atom is 0.340 e. The topological polar surface area (TPSA) is 38.3 Å². The van der Waals surface area contributed by atoms with Crippen molar-refractivity contribution in [1.29, 1.82) is 0 Å². The molecule has 0 unspecified atom stereocenters. The number of halogens is 3. The van der Waals surface area contributed by atoms with Gasteiger partial charge in [-0.2, -0.15) is 0 Å². The number of carbonyl (C=O) groups excluding carboxylic acids is 1. The normalized spacial score (nSPS) is 11.2. The van der Waals surface area contributed by atoms with Crippen LogP contribution in [0.4, 0.5) is 5.69 Å². The van der Waals surface area contributed by atoms with E-state index in [0.717, 1.165) is 0 Å². The van der Waals surface area contributed by atoms with Crippen molar-refractivity contribution in [1.82, 2.24) is 0 Å². The van der Waals surface area contributed by atoms with Crippen molar-refractivity contribution in [3.8, 4) is 0 Å². The zero-order chi connectivity index (χ0) is 16.8. The van der Waals surface area contributed by atoms with Gasteiger partial charge in [-0.15, -0.1) is 0 Å². The molecule has 0 aliphatic heterocycles. The first-order valence-electron chi connectivity index (χ1n) is 6.86. The number of carbonyl (C=O) groups is 1. The second kappa shape index (κ2) is 8.25. The van der Waals surface area contributed by atoms with Crippen LogP contribution in [-0.4, -0.2) is 12.6 Å². The molecule has 0 bridgehead atoms. The number of hydrogen-bond donors (Lipinski definition) is 1. The highest BCUT2D eigenvalue weighted by atomic mass is 35.5. The minimum Gasteiger partial charge on any atom is -0.462 e. The monoisotopic (exact) mass is 369 g/mol. The molecule has 0 heterocycles. The number of rotatable bonds is 5. The summed E-state index contributed by atoms with van der Waals surface area (Å²) in [5.41, 5.74) is 1.69. The lowest BCUT2D eigenvalue weighted by molar-refractivity contribution is -0.136. The Hall–Kier alpha value is -1.68. The molecule has 0 spiro atoms. The van der Waals surface area contributed by atoms with E-state index in [4.69, 9.17) is 39.5 Å². The van der Waals surface area contributed by atoms with Crippen LogP contribution in [0, 0.1) is 0 Å². The molecule has 0 saturated carbocycles. The Balaban J connectivity index is 2.32. The van der Waals surface area contributed by atoms with Crippen molar-refractivity contribution in [3.63, 3.8) is 0 Å². The van der Waals surface area contributed by atoms with Gasteiger partial charge in [-0.05, 0) is 42.8 Å². The summed E-state index contributed by atoms with van der Waals surface area (Å²) in [5, 5.41) is 4.58. The number of nitrogens with one attached hydrogen (secondary N) is 1. The number of benzene rings is 2. The second-order valence-electron chi connectivity index (χ2n) is 4.55. The van der Waals surface area contributed by atoms with Crippen molar-refractivity contribution in [2.45, 2.75) is 6.92 Å². The van der Waals surface area contributed by atoms with Crippen LogP contribution in [0.15, 0.2) is 48.7 Å². The van der Waals surface area contributed by atoms with Crippen LogP contribution in [0.1, 0.15) is 12.5 Å². The van der Waals surface area contributed by atoms with Crippen LogP contribution in [0.3, 0.4) is 0 Å². The molecular weight excluding hydrogens is 357 g/mol. The van der Waals surface area contributed by atoms with E-state index in [1.807, 2.05) is 0 Å². The Morgan fingerprint density at radius 3 is 2.35 bits per heavy atom. The van der Waals surface area contributed by atoms with Gasteiger partial charge in [0.05, 0.1) is 22.9 Å². The summed E-state index contributed by atoms with van der Waals surface area (Å²) in [6.45, 7) is 2.03. The molecular formula is C17H14Cl3NO2. The predicted octanol–water partition coefficient (Wildman–Crippen LogP) is 5.66. The predicted molar refractivity (Wildman–Crippen MR) is 96.1 cm³/mol. The van der Waals surface area contributed by atoms with Gasteiger partial charge in [0.1, 0.15) is 0 Å². The molecule has 2 rings (SSSR count). The van der Waals surface area contributed by atoms with E-state index in [1.54, 1.807) is 55.6 Å². The van der Waals surface area contributed by atoms with E-state index in [-0.39, 0.29) is 6.61 Å². The average molecular weight is 371 g/mol. The summed E-state index contributed by atoms with van der Waals surface area (Å²) in [7, 11) is 0. The van der Waals surface area contributed by atoms with Crippen molar-refractivity contribution < 1.29 is 9.53 Å². The zero-order valence-corrected chi connectivity index (χ0v) is 14.5. The minimum absolute atomic E-state index is 0.283. The fraction of sp³-hybridized carbons (Fsp3) is 0.118. The van der Waals surface area contributed by atoms with E-state index in [9.17, 15) is 4.79 Å². The van der Waals surface area contributed by atoms with Crippen LogP contribution in [0.2, 0.25) is 15.1 Å². The Morgan fingerprint density at radius 2 is 1.74 bits per heavy atom. The van der Waals surface area contributed by atoms with Crippen LogP contribution < -0.4 is 5.32 Å². The average Bonchev–Trinajstić information content (AvgIpc) is 2.51. The van der Waals surface area contributed by atoms with Crippen LogP contribution in [-0.2, 0) is 9.53 Å². The van der Waals surface area contributed by atoms with Gasteiger partial charge in [0, 0.05) is 16.2 Å². The maximum atomic E-state index is 12.2. The number of anilines is 1. The van der Waals surface area contributed by atoms with Crippen LogP contribution in [0.5, 0.6) is 0 Å². The zero-order valence-electron chi connectivity index (χ0n) is 12.3. The van der Waals surface area contributed by atoms with Gasteiger partial charge in [-0.25, -0.2) is 4.79 Å². The quantitative estimate of drug-likeness (QED) is 0.545. The summed E-state index contributed by atoms with van der Waals surface area (Å²) >= 11 is 17.9. The molecule has 0 fully saturated rings. The highest BCUT2D eigenvalue weighted by Gasteiger charge is 2.13. The molecule has 0 amide bonds. The highest BCUT2D eigenvalue weighted by Crippen LogP contribution is 2.26. The molecule has 2 aromatic rings. The minimum atomic E-state index is -0.438. The van der Waals surface area contributed by atoms with Gasteiger partial charge in [-0.1, -0.05) is 46.9 Å². The van der Waals surface area contributed by atoms with Gasteiger partial charge in [0.15, 0.2) is 0 Å². The third kappa shape index (κ3) is 4.90. The molecule has 0 aliphatic rings. The molecule has 1 N–H and O–H groups in total. The highest BCUT2D eigenvalue weighted by molar-refractivity contribution is 6.36. The van der Waals surface area contributed by atoms with Crippen molar-refractivity contribution in [2.75, 3.05) is 11.9 Å². The fourth-order valence-electron chi connectivity index (χ4n) is 1.85. The molecule has 0 aromatic heterocycles. The van der Waals surface area contributed by atoms with Crippen molar-refractivity contribution in [3.05, 3.63) is 69.3 Å². The number of esters is 1. The number of hydrogen-bond acceptors (Lipinski definition) is 3. The van der Waals surface area contributed by atoms with Gasteiger partial charge in [0.2, 0.25) is 0 Å². The maximum absolute atomic E-state index is 12.2. The van der Waals surface area contributed by atoms with Gasteiger partial charge in [0.25, 0.3) is 0 Å². The van der Waals surface area contributed by atoms with E-state index in [1.165, 1.54) is 0 Å². The molecule has 0 saturated heterocycles. The molecule has 0 atom stereocenters. The summed E-state index contributed by atoms with van der Waals surface area (Å²) in [5.74, 6) is -0.438. The fourth-order valence-corrected chi connectivity index (χ4v) is 2.44. The Morgan fingerprint density at radius 1 is 1.09 bits per heavy atom. The third-order valence-electron chi connectivity index (χ3n) is 2.95. The molecule has 2 aromatic carbocycles. The van der Waals surface area contributed by atoms with Crippen LogP contribution >= 0.6 is 34.8 Å².